The first-order valence-corrected chi connectivity index (χ1v) is 9.12. The third-order valence-corrected chi connectivity index (χ3v) is 4.66. The smallest absolute Gasteiger partial charge is 0.293 e. The van der Waals surface area contributed by atoms with E-state index in [1.807, 2.05) is 0 Å². The van der Waals surface area contributed by atoms with Crippen LogP contribution in [0.25, 0.3) is 11.3 Å². The van der Waals surface area contributed by atoms with Gasteiger partial charge in [0.15, 0.2) is 10.9 Å². The molecule has 0 fully saturated rings. The van der Waals surface area contributed by atoms with Crippen LogP contribution in [0, 0.1) is 0 Å². The zero-order valence-corrected chi connectivity index (χ0v) is 15.3. The van der Waals surface area contributed by atoms with Crippen LogP contribution in [0.15, 0.2) is 65.8 Å². The Hall–Kier alpha value is -2.38. The molecule has 3 nitrogen and oxygen atoms in total. The highest BCUT2D eigenvalue weighted by Crippen LogP contribution is 2.32. The molecule has 3 aromatic rings. The molecule has 27 heavy (non-hydrogen) atoms. The highest BCUT2D eigenvalue weighted by molar-refractivity contribution is 7.99. The average Bonchev–Trinajstić information content (AvgIpc) is 2.66. The number of Topliss-reactive ketones (excluding diaryl/α,β-unsaturated/α-hetero) is 1. The van der Waals surface area contributed by atoms with Crippen molar-refractivity contribution in [2.45, 2.75) is 11.3 Å². The van der Waals surface area contributed by atoms with Crippen LogP contribution in [0.3, 0.4) is 0 Å². The van der Waals surface area contributed by atoms with Crippen molar-refractivity contribution in [1.82, 2.24) is 9.97 Å². The topological polar surface area (TPSA) is 42.9 Å². The number of benzene rings is 2. The van der Waals surface area contributed by atoms with E-state index in [0.29, 0.717) is 16.1 Å². The van der Waals surface area contributed by atoms with Gasteiger partial charge < -0.3 is 0 Å². The maximum absolute atomic E-state index is 13.2. The second-order valence-electron chi connectivity index (χ2n) is 5.50. The number of halogens is 4. The summed E-state index contributed by atoms with van der Waals surface area (Å²) < 4.78 is 39.6. The average molecular weight is 409 g/mol. The van der Waals surface area contributed by atoms with Gasteiger partial charge in [0, 0.05) is 16.1 Å². The molecule has 0 atom stereocenters. The Kier molecular flexibility index (Phi) is 5.82. The molecule has 138 valence electrons. The summed E-state index contributed by atoms with van der Waals surface area (Å²) in [5, 5.41) is 0.388. The van der Waals surface area contributed by atoms with E-state index < -0.39 is 11.9 Å². The first kappa shape index (κ1) is 19.4. The summed E-state index contributed by atoms with van der Waals surface area (Å²) in [4.78, 5) is 20.0. The lowest BCUT2D eigenvalue weighted by Crippen LogP contribution is -2.11. The second kappa shape index (κ2) is 8.10. The SMILES string of the molecule is O=C(CSc1nc(-c2ccccc2)cc(C(F)(F)F)n1)c1ccc(Cl)cc1. The molecular formula is C19H12ClF3N2OS. The van der Waals surface area contributed by atoms with Crippen molar-refractivity contribution in [1.29, 1.82) is 0 Å². The van der Waals surface area contributed by atoms with Crippen LogP contribution in [0.2, 0.25) is 5.02 Å². The van der Waals surface area contributed by atoms with Crippen molar-refractivity contribution in [3.63, 3.8) is 0 Å². The van der Waals surface area contributed by atoms with Gasteiger partial charge in [-0.1, -0.05) is 53.7 Å². The molecule has 0 bridgehead atoms. The van der Waals surface area contributed by atoms with Gasteiger partial charge in [0.05, 0.1) is 11.4 Å². The minimum absolute atomic E-state index is 0.0861. The molecule has 0 unspecified atom stereocenters. The Morgan fingerprint density at radius 1 is 1.00 bits per heavy atom. The Balaban J connectivity index is 1.86. The number of hydrogen-bond donors (Lipinski definition) is 0. The van der Waals surface area contributed by atoms with Crippen molar-refractivity contribution >= 4 is 29.1 Å². The van der Waals surface area contributed by atoms with Gasteiger partial charge in [-0.2, -0.15) is 13.2 Å². The minimum atomic E-state index is -4.61. The lowest BCUT2D eigenvalue weighted by atomic mass is 10.1. The predicted octanol–water partition coefficient (Wildman–Crippen LogP) is 5.79. The van der Waals surface area contributed by atoms with E-state index >= 15 is 0 Å². The van der Waals surface area contributed by atoms with Crippen molar-refractivity contribution in [2.75, 3.05) is 5.75 Å². The number of alkyl halides is 3. The van der Waals surface area contributed by atoms with Gasteiger partial charge in [-0.15, -0.1) is 0 Å². The summed E-state index contributed by atoms with van der Waals surface area (Å²) in [6.45, 7) is 0. The molecule has 0 aliphatic rings. The lowest BCUT2D eigenvalue weighted by molar-refractivity contribution is -0.141. The van der Waals surface area contributed by atoms with Gasteiger partial charge in [-0.05, 0) is 30.3 Å². The highest BCUT2D eigenvalue weighted by Gasteiger charge is 2.34. The molecule has 3 rings (SSSR count). The molecule has 0 radical (unpaired) electrons. The van der Waals surface area contributed by atoms with E-state index in [-0.39, 0.29) is 22.4 Å². The van der Waals surface area contributed by atoms with E-state index in [4.69, 9.17) is 11.6 Å². The highest BCUT2D eigenvalue weighted by atomic mass is 35.5. The normalized spacial score (nSPS) is 11.4. The quantitative estimate of drug-likeness (QED) is 0.304. The molecule has 1 aromatic heterocycles. The number of thioether (sulfide) groups is 1. The van der Waals surface area contributed by atoms with Crippen molar-refractivity contribution < 1.29 is 18.0 Å². The Morgan fingerprint density at radius 3 is 2.30 bits per heavy atom. The van der Waals surface area contributed by atoms with Crippen LogP contribution < -0.4 is 0 Å². The molecule has 0 spiro atoms. The van der Waals surface area contributed by atoms with Crippen molar-refractivity contribution in [2.24, 2.45) is 0 Å². The molecule has 0 saturated carbocycles. The maximum atomic E-state index is 13.2. The fourth-order valence-corrected chi connectivity index (χ4v) is 3.12. The Bertz CT molecular complexity index is 947. The van der Waals surface area contributed by atoms with Gasteiger partial charge in [0.25, 0.3) is 0 Å². The Labute approximate surface area is 162 Å². The predicted molar refractivity (Wildman–Crippen MR) is 99.0 cm³/mol. The zero-order chi connectivity index (χ0) is 19.4. The van der Waals surface area contributed by atoms with Crippen molar-refractivity contribution in [3.8, 4) is 11.3 Å². The summed E-state index contributed by atoms with van der Waals surface area (Å²) in [5.41, 5.74) is 0.0654. The molecule has 2 aromatic carbocycles. The number of aromatic nitrogens is 2. The van der Waals surface area contributed by atoms with Crippen LogP contribution in [-0.2, 0) is 6.18 Å². The number of rotatable bonds is 5. The van der Waals surface area contributed by atoms with E-state index in [1.165, 1.54) is 0 Å². The van der Waals surface area contributed by atoms with Gasteiger partial charge >= 0.3 is 6.18 Å². The maximum Gasteiger partial charge on any atom is 0.433 e. The molecule has 0 aliphatic carbocycles. The third kappa shape index (κ3) is 5.08. The number of carbonyl (C=O) groups excluding carboxylic acids is 1. The van der Waals surface area contributed by atoms with Gasteiger partial charge in [0.2, 0.25) is 0 Å². The fourth-order valence-electron chi connectivity index (χ4n) is 2.24. The van der Waals surface area contributed by atoms with E-state index in [1.54, 1.807) is 54.6 Å². The standard InChI is InChI=1S/C19H12ClF3N2OS/c20-14-8-6-13(7-9-14)16(26)11-27-18-24-15(12-4-2-1-3-5-12)10-17(25-18)19(21,22)23/h1-10H,11H2. The minimum Gasteiger partial charge on any atom is -0.293 e. The Morgan fingerprint density at radius 2 is 1.67 bits per heavy atom. The van der Waals surface area contributed by atoms with E-state index in [9.17, 15) is 18.0 Å². The molecule has 0 aliphatic heterocycles. The number of carbonyl (C=O) groups is 1. The number of nitrogens with zero attached hydrogens (tertiary/aromatic N) is 2. The first-order valence-electron chi connectivity index (χ1n) is 7.76. The summed E-state index contributed by atoms with van der Waals surface area (Å²) >= 11 is 6.64. The van der Waals surface area contributed by atoms with Gasteiger partial charge in [-0.25, -0.2) is 9.97 Å². The summed E-state index contributed by atoms with van der Waals surface area (Å²) in [6.07, 6.45) is -4.61. The summed E-state index contributed by atoms with van der Waals surface area (Å²) in [5.74, 6) is -0.337. The van der Waals surface area contributed by atoms with Gasteiger partial charge in [0.1, 0.15) is 5.69 Å². The summed E-state index contributed by atoms with van der Waals surface area (Å²) in [6, 6.07) is 15.7. The van der Waals surface area contributed by atoms with E-state index in [0.717, 1.165) is 17.8 Å². The lowest BCUT2D eigenvalue weighted by Gasteiger charge is -2.10. The largest absolute Gasteiger partial charge is 0.433 e. The van der Waals surface area contributed by atoms with Gasteiger partial charge in [-0.3, -0.25) is 4.79 Å². The second-order valence-corrected chi connectivity index (χ2v) is 6.88. The molecule has 0 amide bonds. The number of hydrogen-bond acceptors (Lipinski definition) is 4. The van der Waals surface area contributed by atoms with Crippen molar-refractivity contribution in [3.05, 3.63) is 76.9 Å². The van der Waals surface area contributed by atoms with Crippen LogP contribution in [0.4, 0.5) is 13.2 Å². The zero-order valence-electron chi connectivity index (χ0n) is 13.7. The van der Waals surface area contributed by atoms with Crippen LogP contribution in [0.1, 0.15) is 16.1 Å². The van der Waals surface area contributed by atoms with Crippen LogP contribution in [-0.4, -0.2) is 21.5 Å². The monoisotopic (exact) mass is 408 g/mol. The first-order chi connectivity index (χ1) is 12.8. The molecule has 0 saturated heterocycles. The van der Waals surface area contributed by atoms with Crippen LogP contribution >= 0.6 is 23.4 Å². The number of ketones is 1. The molecular weight excluding hydrogens is 397 g/mol. The molecule has 1 heterocycles. The molecule has 8 heteroatoms. The fraction of sp³-hybridized carbons (Fsp3) is 0.105. The third-order valence-electron chi connectivity index (χ3n) is 3.56. The summed E-state index contributed by atoms with van der Waals surface area (Å²) in [7, 11) is 0. The van der Waals surface area contributed by atoms with Crippen LogP contribution in [0.5, 0.6) is 0 Å². The molecule has 0 N–H and O–H groups in total. The van der Waals surface area contributed by atoms with E-state index in [2.05, 4.69) is 9.97 Å².